The van der Waals surface area contributed by atoms with Crippen molar-refractivity contribution in [3.8, 4) is 11.5 Å². The Morgan fingerprint density at radius 3 is 2.46 bits per heavy atom. The summed E-state index contributed by atoms with van der Waals surface area (Å²) in [6.45, 7) is 0.631. The quantitative estimate of drug-likeness (QED) is 0.740. The third kappa shape index (κ3) is 4.14. The molecule has 5 nitrogen and oxygen atoms in total. The molecule has 0 aliphatic carbocycles. The number of carbonyl (C=O) groups is 1. The van der Waals surface area contributed by atoms with Gasteiger partial charge in [0.15, 0.2) is 0 Å². The van der Waals surface area contributed by atoms with Crippen LogP contribution in [0.3, 0.4) is 0 Å². The molecule has 1 aliphatic rings. The lowest BCUT2D eigenvalue weighted by Gasteiger charge is -2.25. The Balaban J connectivity index is 1.82. The van der Waals surface area contributed by atoms with Crippen LogP contribution in [0.15, 0.2) is 36.4 Å². The predicted octanol–water partition coefficient (Wildman–Crippen LogP) is 5.29. The van der Waals surface area contributed by atoms with Crippen molar-refractivity contribution in [3.63, 3.8) is 0 Å². The van der Waals surface area contributed by atoms with Crippen LogP contribution in [0.5, 0.6) is 11.5 Å². The van der Waals surface area contributed by atoms with Crippen molar-refractivity contribution in [1.82, 2.24) is 4.90 Å². The van der Waals surface area contributed by atoms with E-state index in [1.54, 1.807) is 55.1 Å². The Hall–Kier alpha value is -1.76. The maximum Gasteiger partial charge on any atom is 0.323 e. The fourth-order valence-electron chi connectivity index (χ4n) is 2.70. The van der Waals surface area contributed by atoms with Crippen molar-refractivity contribution in [1.29, 1.82) is 0 Å². The monoisotopic (exact) mass is 412 g/mol. The van der Waals surface area contributed by atoms with E-state index in [0.717, 1.165) is 11.3 Å². The predicted molar refractivity (Wildman–Crippen MR) is 107 cm³/mol. The molecule has 1 aliphatic heterocycles. The number of urea groups is 1. The first-order valence-corrected chi connectivity index (χ1v) is 9.69. The molecule has 1 N–H and O–H groups in total. The Morgan fingerprint density at radius 2 is 1.85 bits per heavy atom. The summed E-state index contributed by atoms with van der Waals surface area (Å²) in [4.78, 5) is 14.6. The van der Waals surface area contributed by atoms with Gasteiger partial charge in [0.1, 0.15) is 16.9 Å². The van der Waals surface area contributed by atoms with E-state index in [9.17, 15) is 4.79 Å². The van der Waals surface area contributed by atoms with Gasteiger partial charge in [0.25, 0.3) is 0 Å². The summed E-state index contributed by atoms with van der Waals surface area (Å²) >= 11 is 13.8. The van der Waals surface area contributed by atoms with E-state index in [1.807, 2.05) is 12.1 Å². The zero-order valence-corrected chi connectivity index (χ0v) is 16.6. The fourth-order valence-corrected chi connectivity index (χ4v) is 4.39. The Morgan fingerprint density at radius 1 is 1.15 bits per heavy atom. The fraction of sp³-hybridized carbons (Fsp3) is 0.278. The molecule has 0 aromatic heterocycles. The Kier molecular flexibility index (Phi) is 6.06. The minimum absolute atomic E-state index is 0.134. The van der Waals surface area contributed by atoms with Crippen LogP contribution < -0.4 is 14.8 Å². The molecule has 2 amide bonds. The third-order valence-corrected chi connectivity index (χ3v) is 5.79. The van der Waals surface area contributed by atoms with Gasteiger partial charge in [-0.3, -0.25) is 0 Å². The third-order valence-electron chi connectivity index (χ3n) is 3.98. The van der Waals surface area contributed by atoms with Gasteiger partial charge < -0.3 is 19.7 Å². The molecule has 2 aromatic rings. The first-order chi connectivity index (χ1) is 12.5. The van der Waals surface area contributed by atoms with E-state index >= 15 is 0 Å². The van der Waals surface area contributed by atoms with Gasteiger partial charge in [-0.25, -0.2) is 4.79 Å². The van der Waals surface area contributed by atoms with Crippen LogP contribution in [0.25, 0.3) is 0 Å². The van der Waals surface area contributed by atoms with Crippen molar-refractivity contribution < 1.29 is 14.3 Å². The smallest absolute Gasteiger partial charge is 0.323 e. The molecule has 8 heteroatoms. The number of nitrogens with zero attached hydrogens (tertiary/aromatic N) is 1. The van der Waals surface area contributed by atoms with Crippen LogP contribution in [0.2, 0.25) is 10.0 Å². The summed E-state index contributed by atoms with van der Waals surface area (Å²) in [7, 11) is 3.21. The van der Waals surface area contributed by atoms with E-state index in [1.165, 1.54) is 0 Å². The summed E-state index contributed by atoms with van der Waals surface area (Å²) in [5.41, 5.74) is 1.47. The number of halogens is 2. The molecule has 26 heavy (non-hydrogen) atoms. The van der Waals surface area contributed by atoms with Crippen molar-refractivity contribution >= 4 is 46.7 Å². The largest absolute Gasteiger partial charge is 0.497 e. The minimum Gasteiger partial charge on any atom is -0.497 e. The second-order valence-corrected chi connectivity index (χ2v) is 7.65. The number of benzene rings is 2. The van der Waals surface area contributed by atoms with E-state index in [0.29, 0.717) is 33.8 Å². The molecule has 1 heterocycles. The molecule has 1 fully saturated rings. The summed E-state index contributed by atoms with van der Waals surface area (Å²) in [6.07, 6.45) is 0. The number of ether oxygens (including phenoxy) is 2. The molecule has 1 atom stereocenters. The lowest BCUT2D eigenvalue weighted by molar-refractivity contribution is 0.214. The molecule has 0 radical (unpaired) electrons. The van der Waals surface area contributed by atoms with E-state index in [4.69, 9.17) is 32.7 Å². The highest BCUT2D eigenvalue weighted by molar-refractivity contribution is 7.99. The van der Waals surface area contributed by atoms with Gasteiger partial charge in [-0.1, -0.05) is 23.2 Å². The van der Waals surface area contributed by atoms with Crippen LogP contribution >= 0.6 is 35.0 Å². The maximum absolute atomic E-state index is 12.8. The SMILES string of the molecule is COc1cc(OC)cc([C@H]2SCCN2C(=O)Nc2ccc(Cl)cc2Cl)c1. The van der Waals surface area contributed by atoms with Gasteiger partial charge in [0.05, 0.1) is 24.9 Å². The number of methoxy groups -OCH3 is 2. The number of rotatable bonds is 4. The highest BCUT2D eigenvalue weighted by Gasteiger charge is 2.31. The van der Waals surface area contributed by atoms with Gasteiger partial charge in [-0.2, -0.15) is 0 Å². The Bertz CT molecular complexity index is 797. The number of thioether (sulfide) groups is 1. The average molecular weight is 413 g/mol. The summed E-state index contributed by atoms with van der Waals surface area (Å²) in [5.74, 6) is 2.22. The highest BCUT2D eigenvalue weighted by Crippen LogP contribution is 2.41. The van der Waals surface area contributed by atoms with Crippen LogP contribution in [-0.2, 0) is 0 Å². The number of nitrogens with one attached hydrogen (secondary N) is 1. The van der Waals surface area contributed by atoms with Gasteiger partial charge in [0.2, 0.25) is 0 Å². The number of hydrogen-bond donors (Lipinski definition) is 1. The van der Waals surface area contributed by atoms with Crippen LogP contribution in [-0.4, -0.2) is 37.4 Å². The van der Waals surface area contributed by atoms with E-state index in [-0.39, 0.29) is 11.4 Å². The summed E-state index contributed by atoms with van der Waals surface area (Å²) in [5, 5.41) is 3.64. The molecule has 0 bridgehead atoms. The normalized spacial score (nSPS) is 16.5. The van der Waals surface area contributed by atoms with Gasteiger partial charge in [0, 0.05) is 23.4 Å². The van der Waals surface area contributed by atoms with Gasteiger partial charge in [-0.05, 0) is 35.9 Å². The first kappa shape index (κ1) is 19.0. The van der Waals surface area contributed by atoms with Crippen LogP contribution in [0.4, 0.5) is 10.5 Å². The molecule has 1 saturated heterocycles. The van der Waals surface area contributed by atoms with Crippen molar-refractivity contribution in [2.24, 2.45) is 0 Å². The average Bonchev–Trinajstić information content (AvgIpc) is 3.13. The highest BCUT2D eigenvalue weighted by atomic mass is 35.5. The van der Waals surface area contributed by atoms with Crippen LogP contribution in [0, 0.1) is 0 Å². The summed E-state index contributed by atoms with van der Waals surface area (Å²) in [6, 6.07) is 10.4. The van der Waals surface area contributed by atoms with Gasteiger partial charge >= 0.3 is 6.03 Å². The lowest BCUT2D eigenvalue weighted by Crippen LogP contribution is -2.34. The molecule has 2 aromatic carbocycles. The van der Waals surface area contributed by atoms with Crippen molar-refractivity contribution in [2.45, 2.75) is 5.37 Å². The molecule has 3 rings (SSSR count). The van der Waals surface area contributed by atoms with E-state index < -0.39 is 0 Å². The zero-order chi connectivity index (χ0) is 18.7. The standard InChI is InChI=1S/C18H18Cl2N2O3S/c1-24-13-7-11(8-14(10-13)25-2)17-22(5-6-26-17)18(23)21-16-4-3-12(19)9-15(16)20/h3-4,7-10,17H,5-6H2,1-2H3,(H,21,23)/t17-/m1/s1. The Labute approximate surface area is 166 Å². The maximum atomic E-state index is 12.8. The van der Waals surface area contributed by atoms with Crippen molar-refractivity contribution in [3.05, 3.63) is 52.0 Å². The minimum atomic E-state index is -0.217. The number of anilines is 1. The second kappa shape index (κ2) is 8.29. The van der Waals surface area contributed by atoms with E-state index in [2.05, 4.69) is 5.32 Å². The second-order valence-electron chi connectivity index (χ2n) is 5.62. The topological polar surface area (TPSA) is 50.8 Å². The molecule has 0 unspecified atom stereocenters. The lowest BCUT2D eigenvalue weighted by atomic mass is 10.2. The van der Waals surface area contributed by atoms with Crippen LogP contribution in [0.1, 0.15) is 10.9 Å². The molecule has 0 saturated carbocycles. The summed E-state index contributed by atoms with van der Waals surface area (Å²) < 4.78 is 10.7. The molecular formula is C18H18Cl2N2O3S. The number of amides is 2. The zero-order valence-electron chi connectivity index (χ0n) is 14.3. The first-order valence-electron chi connectivity index (χ1n) is 7.89. The molecule has 0 spiro atoms. The van der Waals surface area contributed by atoms with Crippen molar-refractivity contribution in [2.75, 3.05) is 31.8 Å². The number of carbonyl (C=O) groups excluding carboxylic acids is 1. The van der Waals surface area contributed by atoms with Gasteiger partial charge in [-0.15, -0.1) is 11.8 Å². The molecular weight excluding hydrogens is 395 g/mol. The number of hydrogen-bond acceptors (Lipinski definition) is 4. The molecule has 138 valence electrons.